The molecule has 2 N–H and O–H groups in total. The van der Waals surface area contributed by atoms with Gasteiger partial charge in [0.15, 0.2) is 0 Å². The Labute approximate surface area is 128 Å². The van der Waals surface area contributed by atoms with Crippen molar-refractivity contribution in [1.29, 1.82) is 0 Å². The summed E-state index contributed by atoms with van der Waals surface area (Å²) >= 11 is 0. The highest BCUT2D eigenvalue weighted by Crippen LogP contribution is 2.22. The molecule has 0 aliphatic carbocycles. The maximum Gasteiger partial charge on any atom is 0.107 e. The zero-order chi connectivity index (χ0) is 15.2. The molecule has 0 aliphatic rings. The molecule has 114 valence electrons. The fourth-order valence-electron chi connectivity index (χ4n) is 2.47. The Balaban J connectivity index is 2.01. The van der Waals surface area contributed by atoms with E-state index in [1.807, 2.05) is 0 Å². The van der Waals surface area contributed by atoms with Gasteiger partial charge in [-0.2, -0.15) is 0 Å². The smallest absolute Gasteiger partial charge is 0.107 e. The van der Waals surface area contributed by atoms with Gasteiger partial charge in [0.1, 0.15) is 5.82 Å². The molecular weight excluding hydrogens is 258 g/mol. The fourth-order valence-corrected chi connectivity index (χ4v) is 2.47. The van der Waals surface area contributed by atoms with Crippen molar-refractivity contribution < 1.29 is 0 Å². The first-order valence-electron chi connectivity index (χ1n) is 7.98. The summed E-state index contributed by atoms with van der Waals surface area (Å²) in [5, 5.41) is 3.44. The van der Waals surface area contributed by atoms with E-state index in [1.165, 1.54) is 11.1 Å². The summed E-state index contributed by atoms with van der Waals surface area (Å²) in [4.78, 5) is 8.19. The van der Waals surface area contributed by atoms with E-state index in [2.05, 4.69) is 62.3 Å². The van der Waals surface area contributed by atoms with Crippen LogP contribution in [0.25, 0.3) is 11.3 Å². The first-order chi connectivity index (χ1) is 10.1. The van der Waals surface area contributed by atoms with E-state index in [1.54, 1.807) is 0 Å². The van der Waals surface area contributed by atoms with Gasteiger partial charge in [-0.15, -0.1) is 0 Å². The summed E-state index contributed by atoms with van der Waals surface area (Å²) in [6.45, 7) is 9.67. The molecule has 0 spiro atoms. The minimum atomic E-state index is 0.552. The molecule has 0 atom stereocenters. The number of hydrogen-bond donors (Lipinski definition) is 2. The van der Waals surface area contributed by atoms with Gasteiger partial charge in [0.25, 0.3) is 0 Å². The molecule has 0 bridgehead atoms. The fraction of sp³-hybridized carbons (Fsp3) is 0.500. The summed E-state index contributed by atoms with van der Waals surface area (Å²) in [5.74, 6) is 1.09. The zero-order valence-electron chi connectivity index (χ0n) is 13.7. The molecule has 3 nitrogen and oxygen atoms in total. The van der Waals surface area contributed by atoms with E-state index >= 15 is 0 Å². The van der Waals surface area contributed by atoms with E-state index in [-0.39, 0.29) is 0 Å². The van der Waals surface area contributed by atoms with Crippen molar-refractivity contribution in [3.63, 3.8) is 0 Å². The Kier molecular flexibility index (Phi) is 5.57. The van der Waals surface area contributed by atoms with Crippen LogP contribution in [0.5, 0.6) is 0 Å². The number of imidazole rings is 1. The lowest BCUT2D eigenvalue weighted by molar-refractivity contribution is 0.567. The number of aryl methyl sites for hydroxylation is 3. The van der Waals surface area contributed by atoms with Gasteiger partial charge >= 0.3 is 0 Å². The first-order valence-corrected chi connectivity index (χ1v) is 7.98. The third-order valence-electron chi connectivity index (χ3n) is 3.71. The van der Waals surface area contributed by atoms with Gasteiger partial charge < -0.3 is 10.3 Å². The highest BCUT2D eigenvalue weighted by Gasteiger charge is 2.08. The Morgan fingerprint density at radius 1 is 1.19 bits per heavy atom. The van der Waals surface area contributed by atoms with Crippen LogP contribution < -0.4 is 5.32 Å². The predicted molar refractivity (Wildman–Crippen MR) is 89.6 cm³/mol. The van der Waals surface area contributed by atoms with Gasteiger partial charge in [0.05, 0.1) is 5.69 Å². The summed E-state index contributed by atoms with van der Waals surface area (Å²) in [6, 6.07) is 9.28. The van der Waals surface area contributed by atoms with Gasteiger partial charge in [0.2, 0.25) is 0 Å². The van der Waals surface area contributed by atoms with Crippen molar-refractivity contribution in [2.24, 2.45) is 0 Å². The second kappa shape index (κ2) is 7.41. The largest absolute Gasteiger partial charge is 0.346 e. The van der Waals surface area contributed by atoms with Crippen LogP contribution in [0.2, 0.25) is 0 Å². The van der Waals surface area contributed by atoms with Crippen LogP contribution in [0.1, 0.15) is 44.3 Å². The van der Waals surface area contributed by atoms with Crippen molar-refractivity contribution in [1.82, 2.24) is 15.3 Å². The average molecular weight is 285 g/mol. The van der Waals surface area contributed by atoms with Gasteiger partial charge in [0, 0.05) is 23.7 Å². The van der Waals surface area contributed by atoms with Crippen molar-refractivity contribution >= 4 is 0 Å². The molecule has 0 saturated heterocycles. The van der Waals surface area contributed by atoms with Crippen molar-refractivity contribution in [2.45, 2.75) is 53.0 Å². The number of rotatable bonds is 7. The molecule has 0 amide bonds. The van der Waals surface area contributed by atoms with Crippen LogP contribution in [0, 0.1) is 6.92 Å². The van der Waals surface area contributed by atoms with E-state index in [0.717, 1.165) is 43.0 Å². The van der Waals surface area contributed by atoms with Crippen LogP contribution in [0.15, 0.2) is 24.3 Å². The highest BCUT2D eigenvalue weighted by molar-refractivity contribution is 5.62. The molecule has 1 aromatic heterocycles. The number of H-pyrrole nitrogens is 1. The van der Waals surface area contributed by atoms with Crippen LogP contribution >= 0.6 is 0 Å². The number of nitrogens with one attached hydrogen (secondary N) is 2. The summed E-state index contributed by atoms with van der Waals surface area (Å²) < 4.78 is 0. The second-order valence-electron chi connectivity index (χ2n) is 5.92. The lowest BCUT2D eigenvalue weighted by Crippen LogP contribution is -2.24. The molecule has 1 aromatic carbocycles. The molecule has 1 heterocycles. The molecule has 0 aliphatic heterocycles. The van der Waals surface area contributed by atoms with Crippen LogP contribution in [0.3, 0.4) is 0 Å². The maximum atomic E-state index is 4.77. The van der Waals surface area contributed by atoms with Crippen molar-refractivity contribution in [2.75, 3.05) is 6.54 Å². The lowest BCUT2D eigenvalue weighted by atomic mass is 10.1. The Hall–Kier alpha value is -1.61. The van der Waals surface area contributed by atoms with Gasteiger partial charge in [-0.3, -0.25) is 0 Å². The van der Waals surface area contributed by atoms with Crippen molar-refractivity contribution in [3.05, 3.63) is 41.3 Å². The highest BCUT2D eigenvalue weighted by atomic mass is 14.9. The van der Waals surface area contributed by atoms with Gasteiger partial charge in [-0.25, -0.2) is 4.98 Å². The van der Waals surface area contributed by atoms with E-state index < -0.39 is 0 Å². The Morgan fingerprint density at radius 2 is 1.90 bits per heavy atom. The standard InChI is InChI=1S/C18H27N3/c1-5-15-8-10-16(11-9-15)18-14(4)20-17(21-18)7-6-12-19-13(2)3/h8-11,13,19H,5-7,12H2,1-4H3,(H,20,21). The number of hydrogen-bond acceptors (Lipinski definition) is 2. The molecule has 3 heteroatoms. The SMILES string of the molecule is CCc1ccc(-c2nc(CCCNC(C)C)[nH]c2C)cc1. The minimum absolute atomic E-state index is 0.552. The van der Waals surface area contributed by atoms with Gasteiger partial charge in [-0.1, -0.05) is 45.0 Å². The van der Waals surface area contributed by atoms with Crippen LogP contribution in [-0.2, 0) is 12.8 Å². The number of aromatic amines is 1. The van der Waals surface area contributed by atoms with E-state index in [9.17, 15) is 0 Å². The topological polar surface area (TPSA) is 40.7 Å². The number of benzene rings is 1. The Morgan fingerprint density at radius 3 is 2.52 bits per heavy atom. The molecule has 0 unspecified atom stereocenters. The quantitative estimate of drug-likeness (QED) is 0.758. The molecule has 21 heavy (non-hydrogen) atoms. The average Bonchev–Trinajstić information content (AvgIpc) is 2.84. The third kappa shape index (κ3) is 4.43. The monoisotopic (exact) mass is 285 g/mol. The number of aromatic nitrogens is 2. The zero-order valence-corrected chi connectivity index (χ0v) is 13.7. The molecule has 2 rings (SSSR count). The first kappa shape index (κ1) is 15.8. The van der Waals surface area contributed by atoms with Crippen LogP contribution in [-0.4, -0.2) is 22.6 Å². The summed E-state index contributed by atoms with van der Waals surface area (Å²) in [7, 11) is 0. The summed E-state index contributed by atoms with van der Waals surface area (Å²) in [6.07, 6.45) is 3.18. The maximum absolute atomic E-state index is 4.77. The molecule has 0 fully saturated rings. The Bertz CT molecular complexity index is 552. The van der Waals surface area contributed by atoms with Crippen molar-refractivity contribution in [3.8, 4) is 11.3 Å². The predicted octanol–water partition coefficient (Wildman–Crippen LogP) is 3.88. The molecule has 2 aromatic rings. The third-order valence-corrected chi connectivity index (χ3v) is 3.71. The number of nitrogens with zero attached hydrogens (tertiary/aromatic N) is 1. The second-order valence-corrected chi connectivity index (χ2v) is 5.92. The van der Waals surface area contributed by atoms with Crippen LogP contribution in [0.4, 0.5) is 0 Å². The minimum Gasteiger partial charge on any atom is -0.346 e. The van der Waals surface area contributed by atoms with E-state index in [4.69, 9.17) is 4.98 Å². The lowest BCUT2D eigenvalue weighted by Gasteiger charge is -2.06. The van der Waals surface area contributed by atoms with Gasteiger partial charge in [-0.05, 0) is 31.9 Å². The normalized spacial score (nSPS) is 11.3. The van der Waals surface area contributed by atoms with E-state index in [0.29, 0.717) is 6.04 Å². The summed E-state index contributed by atoms with van der Waals surface area (Å²) in [5.41, 5.74) is 4.81. The molecular formula is C18H27N3. The molecule has 0 radical (unpaired) electrons. The molecule has 0 saturated carbocycles.